The number of rotatable bonds is 11. The van der Waals surface area contributed by atoms with E-state index in [2.05, 4.69) is 13.8 Å². The summed E-state index contributed by atoms with van der Waals surface area (Å²) in [5.41, 5.74) is 1.58. The predicted octanol–water partition coefficient (Wildman–Crippen LogP) is 5.25. The molecule has 1 aliphatic rings. The molecule has 2 unspecified atom stereocenters. The van der Waals surface area contributed by atoms with Crippen molar-refractivity contribution < 1.29 is 19.4 Å². The monoisotopic (exact) mass is 423 g/mol. The third-order valence-electron chi connectivity index (χ3n) is 5.97. The average molecular weight is 424 g/mol. The molecule has 5 heteroatoms. The molecule has 2 aromatic carbocycles. The second kappa shape index (κ2) is 10.6. The first-order valence-corrected chi connectivity index (χ1v) is 11.3. The van der Waals surface area contributed by atoms with Gasteiger partial charge in [-0.2, -0.15) is 0 Å². The fraction of sp³-hybridized carbons (Fsp3) is 0.462. The summed E-state index contributed by atoms with van der Waals surface area (Å²) >= 11 is 0. The Morgan fingerprint density at radius 3 is 2.13 bits per heavy atom. The highest BCUT2D eigenvalue weighted by molar-refractivity contribution is 6.21. The van der Waals surface area contributed by atoms with E-state index in [9.17, 15) is 14.7 Å². The smallest absolute Gasteiger partial charge is 0.261 e. The lowest BCUT2D eigenvalue weighted by Crippen LogP contribution is -2.35. The topological polar surface area (TPSA) is 66.8 Å². The van der Waals surface area contributed by atoms with Crippen LogP contribution in [0.25, 0.3) is 0 Å². The van der Waals surface area contributed by atoms with Crippen LogP contribution in [0, 0.1) is 11.8 Å². The molecule has 0 radical (unpaired) electrons. The second-order valence-corrected chi connectivity index (χ2v) is 8.52. The van der Waals surface area contributed by atoms with E-state index in [0.717, 1.165) is 37.0 Å². The van der Waals surface area contributed by atoms with Gasteiger partial charge in [-0.15, -0.1) is 0 Å². The number of imide groups is 1. The Morgan fingerprint density at radius 2 is 1.55 bits per heavy atom. The van der Waals surface area contributed by atoms with Crippen molar-refractivity contribution in [3.8, 4) is 5.75 Å². The van der Waals surface area contributed by atoms with Crippen molar-refractivity contribution in [2.45, 2.75) is 52.6 Å². The van der Waals surface area contributed by atoms with Crippen LogP contribution in [0.2, 0.25) is 0 Å². The van der Waals surface area contributed by atoms with Crippen molar-refractivity contribution in [3.05, 3.63) is 65.2 Å². The van der Waals surface area contributed by atoms with Crippen molar-refractivity contribution >= 4 is 11.8 Å². The van der Waals surface area contributed by atoms with E-state index in [1.807, 2.05) is 31.2 Å². The first-order valence-electron chi connectivity index (χ1n) is 11.3. The molecule has 0 spiro atoms. The molecule has 1 N–H and O–H groups in total. The Balaban J connectivity index is 1.63. The first kappa shape index (κ1) is 23.0. The molecule has 0 saturated carbocycles. The predicted molar refractivity (Wildman–Crippen MR) is 121 cm³/mol. The zero-order chi connectivity index (χ0) is 22.4. The van der Waals surface area contributed by atoms with Gasteiger partial charge in [-0.25, -0.2) is 0 Å². The van der Waals surface area contributed by atoms with Crippen molar-refractivity contribution in [2.75, 3.05) is 13.2 Å². The molecule has 1 heterocycles. The summed E-state index contributed by atoms with van der Waals surface area (Å²) in [6, 6.07) is 14.3. The number of nitrogens with zero attached hydrogens (tertiary/aromatic N) is 1. The normalized spacial score (nSPS) is 15.3. The summed E-state index contributed by atoms with van der Waals surface area (Å²) < 4.78 is 6.02. The third-order valence-corrected chi connectivity index (χ3v) is 5.97. The standard InChI is InChI=1S/C26H33NO4/c1-4-9-19(10-5-2)17-31-21-12-8-11-20(15-21)24(28)18(3)16-27-25(29)22-13-6-7-14-23(22)26(27)30/h6-8,11-15,18-19,24,28H,4-5,9-10,16-17H2,1-3H3. The maximum Gasteiger partial charge on any atom is 0.261 e. The number of carbonyl (C=O) groups is 2. The van der Waals surface area contributed by atoms with Crippen molar-refractivity contribution in [1.82, 2.24) is 4.90 Å². The Morgan fingerprint density at radius 1 is 0.935 bits per heavy atom. The Labute approximate surface area is 185 Å². The Bertz CT molecular complexity index is 869. The van der Waals surface area contributed by atoms with Gasteiger partial charge in [0, 0.05) is 12.5 Å². The lowest BCUT2D eigenvalue weighted by Gasteiger charge is -2.24. The average Bonchev–Trinajstić information content (AvgIpc) is 3.02. The molecule has 0 aromatic heterocycles. The molecule has 2 amide bonds. The maximum atomic E-state index is 12.6. The quantitative estimate of drug-likeness (QED) is 0.502. The zero-order valence-corrected chi connectivity index (χ0v) is 18.7. The summed E-state index contributed by atoms with van der Waals surface area (Å²) in [5, 5.41) is 10.9. The molecule has 0 saturated heterocycles. The van der Waals surface area contributed by atoms with Gasteiger partial charge in [0.1, 0.15) is 5.75 Å². The highest BCUT2D eigenvalue weighted by Crippen LogP contribution is 2.29. The molecule has 2 atom stereocenters. The lowest BCUT2D eigenvalue weighted by atomic mass is 9.96. The van der Waals surface area contributed by atoms with E-state index in [1.54, 1.807) is 24.3 Å². The van der Waals surface area contributed by atoms with Gasteiger partial charge in [0.2, 0.25) is 0 Å². The van der Waals surface area contributed by atoms with Crippen molar-refractivity contribution in [3.63, 3.8) is 0 Å². The fourth-order valence-electron chi connectivity index (χ4n) is 4.25. The summed E-state index contributed by atoms with van der Waals surface area (Å²) in [6.07, 6.45) is 3.76. The van der Waals surface area contributed by atoms with E-state index in [-0.39, 0.29) is 24.3 Å². The number of fused-ring (bicyclic) bond motifs is 1. The van der Waals surface area contributed by atoms with Crippen LogP contribution < -0.4 is 4.74 Å². The van der Waals surface area contributed by atoms with Crippen LogP contribution in [0.5, 0.6) is 5.75 Å². The van der Waals surface area contributed by atoms with Gasteiger partial charge >= 0.3 is 0 Å². The molecule has 5 nitrogen and oxygen atoms in total. The van der Waals surface area contributed by atoms with Crippen LogP contribution >= 0.6 is 0 Å². The number of benzene rings is 2. The minimum Gasteiger partial charge on any atom is -0.493 e. The fourth-order valence-corrected chi connectivity index (χ4v) is 4.25. The molecule has 2 aromatic rings. The van der Waals surface area contributed by atoms with Gasteiger partial charge in [-0.3, -0.25) is 14.5 Å². The summed E-state index contributed by atoms with van der Waals surface area (Å²) in [6.45, 7) is 7.06. The second-order valence-electron chi connectivity index (χ2n) is 8.52. The molecular formula is C26H33NO4. The first-order chi connectivity index (χ1) is 15.0. The lowest BCUT2D eigenvalue weighted by molar-refractivity contribution is 0.0536. The highest BCUT2D eigenvalue weighted by Gasteiger charge is 2.36. The number of aliphatic hydroxyl groups is 1. The Kier molecular flexibility index (Phi) is 7.85. The summed E-state index contributed by atoms with van der Waals surface area (Å²) in [5.74, 6) is 0.368. The van der Waals surface area contributed by atoms with Crippen LogP contribution in [0.3, 0.4) is 0 Å². The number of hydrogen-bond donors (Lipinski definition) is 1. The van der Waals surface area contributed by atoms with Gasteiger partial charge in [-0.1, -0.05) is 57.9 Å². The zero-order valence-electron chi connectivity index (χ0n) is 18.7. The summed E-state index contributed by atoms with van der Waals surface area (Å²) in [7, 11) is 0. The van der Waals surface area contributed by atoms with Crippen LogP contribution in [-0.2, 0) is 0 Å². The molecule has 0 aliphatic carbocycles. The third kappa shape index (κ3) is 5.34. The maximum absolute atomic E-state index is 12.6. The van der Waals surface area contributed by atoms with E-state index < -0.39 is 6.10 Å². The largest absolute Gasteiger partial charge is 0.493 e. The van der Waals surface area contributed by atoms with Gasteiger partial charge < -0.3 is 9.84 Å². The Hall–Kier alpha value is -2.66. The molecule has 0 fully saturated rings. The van der Waals surface area contributed by atoms with Crippen LogP contribution in [0.4, 0.5) is 0 Å². The molecule has 1 aliphatic heterocycles. The number of ether oxygens (including phenoxy) is 1. The van der Waals surface area contributed by atoms with Gasteiger partial charge in [0.15, 0.2) is 0 Å². The van der Waals surface area contributed by atoms with Gasteiger partial charge in [-0.05, 0) is 48.6 Å². The van der Waals surface area contributed by atoms with Crippen molar-refractivity contribution in [2.24, 2.45) is 11.8 Å². The van der Waals surface area contributed by atoms with Gasteiger partial charge in [0.05, 0.1) is 23.8 Å². The number of hydrogen-bond acceptors (Lipinski definition) is 4. The number of carbonyl (C=O) groups excluding carboxylic acids is 2. The minimum absolute atomic E-state index is 0.160. The molecule has 0 bridgehead atoms. The number of amides is 2. The van der Waals surface area contributed by atoms with Crippen LogP contribution in [0.1, 0.15) is 78.8 Å². The molecule has 31 heavy (non-hydrogen) atoms. The van der Waals surface area contributed by atoms with E-state index in [0.29, 0.717) is 23.7 Å². The van der Waals surface area contributed by atoms with Crippen LogP contribution in [0.15, 0.2) is 48.5 Å². The number of aliphatic hydroxyl groups excluding tert-OH is 1. The van der Waals surface area contributed by atoms with E-state index in [1.165, 1.54) is 4.90 Å². The molecular weight excluding hydrogens is 390 g/mol. The highest BCUT2D eigenvalue weighted by atomic mass is 16.5. The minimum atomic E-state index is -0.810. The summed E-state index contributed by atoms with van der Waals surface area (Å²) in [4.78, 5) is 26.5. The molecule has 3 rings (SSSR count). The SMILES string of the molecule is CCCC(CCC)COc1cccc(C(O)C(C)CN2C(=O)c3ccccc3C2=O)c1. The van der Waals surface area contributed by atoms with Crippen molar-refractivity contribution in [1.29, 1.82) is 0 Å². The van der Waals surface area contributed by atoms with Crippen LogP contribution in [-0.4, -0.2) is 35.0 Å². The molecule has 166 valence electrons. The van der Waals surface area contributed by atoms with E-state index >= 15 is 0 Å². The van der Waals surface area contributed by atoms with Gasteiger partial charge in [0.25, 0.3) is 11.8 Å². The van der Waals surface area contributed by atoms with E-state index in [4.69, 9.17) is 4.74 Å².